The number of anilines is 1. The summed E-state index contributed by atoms with van der Waals surface area (Å²) < 4.78 is 4.94. The number of halogens is 2. The fraction of sp³-hybridized carbons (Fsp3) is 0.429. The lowest BCUT2D eigenvalue weighted by Crippen LogP contribution is -2.22. The molecular weight excluding hydrogens is 333 g/mol. The van der Waals surface area contributed by atoms with Crippen molar-refractivity contribution in [1.29, 1.82) is 0 Å². The van der Waals surface area contributed by atoms with E-state index in [9.17, 15) is 9.59 Å². The van der Waals surface area contributed by atoms with Gasteiger partial charge in [0.1, 0.15) is 0 Å². The maximum Gasteiger partial charge on any atom is 0.307 e. The van der Waals surface area contributed by atoms with E-state index in [4.69, 9.17) is 27.9 Å². The van der Waals surface area contributed by atoms with Crippen molar-refractivity contribution < 1.29 is 14.3 Å². The minimum absolute atomic E-state index is 0.211. The van der Waals surface area contributed by atoms with Crippen molar-refractivity contribution in [3.63, 3.8) is 0 Å². The zero-order chi connectivity index (χ0) is 15.8. The molecule has 1 aromatic rings. The summed E-state index contributed by atoms with van der Waals surface area (Å²) in [6.45, 7) is 1.66. The molecule has 0 spiro atoms. The van der Waals surface area contributed by atoms with Crippen LogP contribution in [-0.2, 0) is 14.3 Å². The highest BCUT2D eigenvalue weighted by Crippen LogP contribution is 2.29. The van der Waals surface area contributed by atoms with Gasteiger partial charge in [-0.25, -0.2) is 0 Å². The first-order chi connectivity index (χ1) is 9.97. The molecule has 1 aromatic carbocycles. The number of carbonyl (C=O) groups is 2. The van der Waals surface area contributed by atoms with Crippen LogP contribution in [0.2, 0.25) is 10.0 Å². The molecule has 1 amide bonds. The van der Waals surface area contributed by atoms with Crippen molar-refractivity contribution in [2.24, 2.45) is 0 Å². The van der Waals surface area contributed by atoms with Crippen LogP contribution in [0, 0.1) is 0 Å². The number of nitrogens with one attached hydrogen (secondary N) is 1. The van der Waals surface area contributed by atoms with Crippen LogP contribution in [0.3, 0.4) is 0 Å². The van der Waals surface area contributed by atoms with Crippen molar-refractivity contribution in [3.05, 3.63) is 28.2 Å². The second-order valence-electron chi connectivity index (χ2n) is 4.28. The number of amides is 1. The molecule has 0 heterocycles. The van der Waals surface area contributed by atoms with Gasteiger partial charge in [0, 0.05) is 5.25 Å². The highest BCUT2D eigenvalue weighted by molar-refractivity contribution is 7.99. The maximum atomic E-state index is 11.7. The van der Waals surface area contributed by atoms with Crippen LogP contribution < -0.4 is 5.32 Å². The number of hydrogen-bond donors (Lipinski definition) is 1. The molecular formula is C14H17Cl2NO3S. The largest absolute Gasteiger partial charge is 0.456 e. The first-order valence-corrected chi connectivity index (χ1v) is 8.44. The van der Waals surface area contributed by atoms with E-state index in [1.165, 1.54) is 0 Å². The SMILES string of the molecule is CC[C@@H](CC(=O)OCC(=O)Nc1cccc(Cl)c1Cl)SC. The maximum absolute atomic E-state index is 11.7. The second-order valence-corrected chi connectivity index (χ2v) is 6.20. The van der Waals surface area contributed by atoms with E-state index in [2.05, 4.69) is 5.32 Å². The quantitative estimate of drug-likeness (QED) is 0.755. The molecule has 0 aliphatic heterocycles. The molecule has 1 atom stereocenters. The molecule has 7 heteroatoms. The van der Waals surface area contributed by atoms with E-state index >= 15 is 0 Å². The highest BCUT2D eigenvalue weighted by Gasteiger charge is 2.14. The summed E-state index contributed by atoms with van der Waals surface area (Å²) in [6, 6.07) is 4.90. The molecule has 1 rings (SSSR count). The van der Waals surface area contributed by atoms with Gasteiger partial charge >= 0.3 is 5.97 Å². The van der Waals surface area contributed by atoms with Crippen LogP contribution in [-0.4, -0.2) is 30.0 Å². The standard InChI is InChI=1S/C14H17Cl2NO3S/c1-3-9(21-2)7-13(19)20-8-12(18)17-11-6-4-5-10(15)14(11)16/h4-6,9H,3,7-8H2,1-2H3,(H,17,18)/t9-/m0/s1. The van der Waals surface area contributed by atoms with Gasteiger partial charge < -0.3 is 10.1 Å². The van der Waals surface area contributed by atoms with Gasteiger partial charge in [-0.15, -0.1) is 0 Å². The predicted octanol–water partition coefficient (Wildman–Crippen LogP) is 4.01. The number of esters is 1. The van der Waals surface area contributed by atoms with Gasteiger partial charge in [-0.1, -0.05) is 36.2 Å². The molecule has 0 saturated heterocycles. The van der Waals surface area contributed by atoms with Gasteiger partial charge in [0.05, 0.1) is 22.2 Å². The van der Waals surface area contributed by atoms with Crippen molar-refractivity contribution in [3.8, 4) is 0 Å². The smallest absolute Gasteiger partial charge is 0.307 e. The Morgan fingerprint density at radius 2 is 2.10 bits per heavy atom. The Hall–Kier alpha value is -0.910. The summed E-state index contributed by atoms with van der Waals surface area (Å²) in [5, 5.41) is 3.36. The topological polar surface area (TPSA) is 55.4 Å². The number of thioether (sulfide) groups is 1. The predicted molar refractivity (Wildman–Crippen MR) is 88.3 cm³/mol. The van der Waals surface area contributed by atoms with Crippen molar-refractivity contribution in [2.75, 3.05) is 18.2 Å². The normalized spacial score (nSPS) is 11.8. The second kappa shape index (κ2) is 9.18. The molecule has 0 aromatic heterocycles. The highest BCUT2D eigenvalue weighted by atomic mass is 35.5. The Kier molecular flexibility index (Phi) is 7.93. The third kappa shape index (κ3) is 6.16. The summed E-state index contributed by atoms with van der Waals surface area (Å²) in [5.74, 6) is -0.840. The number of benzene rings is 1. The van der Waals surface area contributed by atoms with E-state index in [1.807, 2.05) is 13.2 Å². The average molecular weight is 350 g/mol. The fourth-order valence-corrected chi connectivity index (χ4v) is 2.56. The molecule has 1 N–H and O–H groups in total. The molecule has 0 saturated carbocycles. The third-order valence-electron chi connectivity index (χ3n) is 2.77. The van der Waals surface area contributed by atoms with Crippen LogP contribution in [0.5, 0.6) is 0 Å². The number of ether oxygens (including phenoxy) is 1. The Labute approximate surface area is 138 Å². The van der Waals surface area contributed by atoms with E-state index in [-0.39, 0.29) is 22.8 Å². The molecule has 116 valence electrons. The van der Waals surface area contributed by atoms with Gasteiger partial charge in [-0.05, 0) is 24.8 Å². The lowest BCUT2D eigenvalue weighted by Gasteiger charge is -2.11. The Morgan fingerprint density at radius 3 is 2.71 bits per heavy atom. The summed E-state index contributed by atoms with van der Waals surface area (Å²) in [7, 11) is 0. The van der Waals surface area contributed by atoms with Crippen LogP contribution in [0.4, 0.5) is 5.69 Å². The summed E-state index contributed by atoms with van der Waals surface area (Å²) in [6.07, 6.45) is 3.11. The van der Waals surface area contributed by atoms with E-state index in [0.29, 0.717) is 17.1 Å². The summed E-state index contributed by atoms with van der Waals surface area (Å²) >= 11 is 13.4. The van der Waals surface area contributed by atoms with Crippen LogP contribution in [0.15, 0.2) is 18.2 Å². The Morgan fingerprint density at radius 1 is 1.38 bits per heavy atom. The minimum atomic E-state index is -0.454. The molecule has 0 radical (unpaired) electrons. The number of carbonyl (C=O) groups excluding carboxylic acids is 2. The van der Waals surface area contributed by atoms with Gasteiger partial charge in [-0.3, -0.25) is 9.59 Å². The van der Waals surface area contributed by atoms with E-state index in [0.717, 1.165) is 6.42 Å². The average Bonchev–Trinajstić information content (AvgIpc) is 2.47. The Balaban J connectivity index is 2.44. The zero-order valence-electron chi connectivity index (χ0n) is 11.8. The van der Waals surface area contributed by atoms with E-state index in [1.54, 1.807) is 30.0 Å². The van der Waals surface area contributed by atoms with Gasteiger partial charge in [0.2, 0.25) is 0 Å². The van der Waals surface area contributed by atoms with E-state index < -0.39 is 5.91 Å². The Bertz CT molecular complexity index is 507. The molecule has 4 nitrogen and oxygen atoms in total. The molecule has 0 fully saturated rings. The number of hydrogen-bond acceptors (Lipinski definition) is 4. The molecule has 0 unspecified atom stereocenters. The van der Waals surface area contributed by atoms with Crippen LogP contribution in [0.1, 0.15) is 19.8 Å². The molecule has 0 aliphatic rings. The molecule has 0 aliphatic carbocycles. The van der Waals surface area contributed by atoms with Crippen molar-refractivity contribution in [2.45, 2.75) is 25.0 Å². The lowest BCUT2D eigenvalue weighted by atomic mass is 10.2. The fourth-order valence-electron chi connectivity index (χ4n) is 1.57. The summed E-state index contributed by atoms with van der Waals surface area (Å²) in [4.78, 5) is 23.3. The first kappa shape index (κ1) is 18.1. The van der Waals surface area contributed by atoms with Crippen LogP contribution in [0.25, 0.3) is 0 Å². The summed E-state index contributed by atoms with van der Waals surface area (Å²) in [5.41, 5.74) is 0.390. The van der Waals surface area contributed by atoms with Crippen molar-refractivity contribution in [1.82, 2.24) is 0 Å². The van der Waals surface area contributed by atoms with Gasteiger partial charge in [0.25, 0.3) is 5.91 Å². The third-order valence-corrected chi connectivity index (χ3v) is 4.76. The molecule has 0 bridgehead atoms. The zero-order valence-corrected chi connectivity index (χ0v) is 14.1. The lowest BCUT2D eigenvalue weighted by molar-refractivity contribution is -0.147. The van der Waals surface area contributed by atoms with Gasteiger partial charge in [-0.2, -0.15) is 11.8 Å². The van der Waals surface area contributed by atoms with Crippen LogP contribution >= 0.6 is 35.0 Å². The monoisotopic (exact) mass is 349 g/mol. The van der Waals surface area contributed by atoms with Crippen molar-refractivity contribution >= 4 is 52.5 Å². The number of rotatable bonds is 7. The first-order valence-electron chi connectivity index (χ1n) is 6.40. The van der Waals surface area contributed by atoms with Gasteiger partial charge in [0.15, 0.2) is 6.61 Å². The molecule has 21 heavy (non-hydrogen) atoms. The minimum Gasteiger partial charge on any atom is -0.456 e.